The van der Waals surface area contributed by atoms with Crippen molar-refractivity contribution in [2.24, 2.45) is 7.05 Å². The number of aromatic nitrogens is 3. The average Bonchev–Trinajstić information content (AvgIpc) is 3.21. The molecule has 3 heterocycles. The molecule has 1 fully saturated rings. The van der Waals surface area contributed by atoms with E-state index in [0.717, 1.165) is 5.52 Å². The second kappa shape index (κ2) is 6.04. The number of aryl methyl sites for hydroxylation is 1. The highest BCUT2D eigenvalue weighted by Crippen LogP contribution is 2.19. The number of carbonyl (C=O) groups is 2. The average molecular weight is 339 g/mol. The maximum atomic E-state index is 12.8. The number of oxazole rings is 1. The molecule has 1 saturated heterocycles. The molecule has 2 aromatic heterocycles. The summed E-state index contributed by atoms with van der Waals surface area (Å²) in [6.07, 6.45) is 3.38. The maximum absolute atomic E-state index is 12.8. The molecule has 1 aromatic carbocycles. The number of hydrogen-bond acceptors (Lipinski definition) is 5. The quantitative estimate of drug-likeness (QED) is 0.760. The monoisotopic (exact) mass is 339 g/mol. The summed E-state index contributed by atoms with van der Waals surface area (Å²) in [5.74, 6) is 0.0158. The van der Waals surface area contributed by atoms with E-state index in [2.05, 4.69) is 15.4 Å². The van der Waals surface area contributed by atoms with Crippen LogP contribution in [-0.4, -0.2) is 50.6 Å². The first-order valence-electron chi connectivity index (χ1n) is 8.03. The molecule has 1 aliphatic heterocycles. The summed E-state index contributed by atoms with van der Waals surface area (Å²) >= 11 is 0. The summed E-state index contributed by atoms with van der Waals surface area (Å²) in [7, 11) is 1.75. The topological polar surface area (TPSA) is 93.3 Å². The number of para-hydroxylation sites is 2. The molecular formula is C17H17N5O3. The minimum absolute atomic E-state index is 0.203. The van der Waals surface area contributed by atoms with Gasteiger partial charge in [-0.25, -0.2) is 4.98 Å². The van der Waals surface area contributed by atoms with Crippen molar-refractivity contribution >= 4 is 22.9 Å². The lowest BCUT2D eigenvalue weighted by Crippen LogP contribution is -2.58. The van der Waals surface area contributed by atoms with Gasteiger partial charge in [-0.2, -0.15) is 5.10 Å². The van der Waals surface area contributed by atoms with Crippen molar-refractivity contribution in [1.82, 2.24) is 25.0 Å². The van der Waals surface area contributed by atoms with Gasteiger partial charge in [0.05, 0.1) is 18.2 Å². The molecule has 0 radical (unpaired) electrons. The molecule has 0 spiro atoms. The molecule has 4 rings (SSSR count). The SMILES string of the molecule is Cn1cc(C(=O)N2CCNC(=O)C2Cc2nc3ccccc3o2)cn1. The number of piperazine rings is 1. The van der Waals surface area contributed by atoms with Crippen LogP contribution in [0.3, 0.4) is 0 Å². The molecule has 0 saturated carbocycles. The maximum Gasteiger partial charge on any atom is 0.257 e. The van der Waals surface area contributed by atoms with Gasteiger partial charge in [0.25, 0.3) is 5.91 Å². The Morgan fingerprint density at radius 3 is 3.00 bits per heavy atom. The highest BCUT2D eigenvalue weighted by molar-refractivity contribution is 5.98. The number of nitrogens with zero attached hydrogens (tertiary/aromatic N) is 4. The lowest BCUT2D eigenvalue weighted by Gasteiger charge is -2.34. The fourth-order valence-electron chi connectivity index (χ4n) is 3.03. The summed E-state index contributed by atoms with van der Waals surface area (Å²) in [6.45, 7) is 0.860. The zero-order valence-electron chi connectivity index (χ0n) is 13.7. The number of benzene rings is 1. The molecule has 1 N–H and O–H groups in total. The van der Waals surface area contributed by atoms with Crippen LogP contribution < -0.4 is 5.32 Å². The molecule has 1 atom stereocenters. The van der Waals surface area contributed by atoms with E-state index in [0.29, 0.717) is 30.1 Å². The molecule has 128 valence electrons. The van der Waals surface area contributed by atoms with E-state index in [1.54, 1.807) is 22.8 Å². The summed E-state index contributed by atoms with van der Waals surface area (Å²) in [5, 5.41) is 6.83. The Hall–Kier alpha value is -3.16. The third kappa shape index (κ3) is 2.86. The zero-order valence-corrected chi connectivity index (χ0v) is 13.7. The normalized spacial score (nSPS) is 17.7. The van der Waals surface area contributed by atoms with E-state index in [4.69, 9.17) is 4.42 Å². The van der Waals surface area contributed by atoms with Crippen molar-refractivity contribution in [1.29, 1.82) is 0 Å². The molecule has 25 heavy (non-hydrogen) atoms. The Balaban J connectivity index is 1.61. The van der Waals surface area contributed by atoms with Crippen molar-refractivity contribution in [2.45, 2.75) is 12.5 Å². The third-order valence-electron chi connectivity index (χ3n) is 4.25. The second-order valence-corrected chi connectivity index (χ2v) is 5.99. The number of carbonyl (C=O) groups excluding carboxylic acids is 2. The van der Waals surface area contributed by atoms with Crippen LogP contribution in [0.2, 0.25) is 0 Å². The molecule has 0 bridgehead atoms. The van der Waals surface area contributed by atoms with Crippen molar-refractivity contribution in [2.75, 3.05) is 13.1 Å². The van der Waals surface area contributed by atoms with Crippen molar-refractivity contribution in [3.8, 4) is 0 Å². The van der Waals surface area contributed by atoms with Crippen molar-refractivity contribution in [3.63, 3.8) is 0 Å². The molecule has 1 aliphatic rings. The number of nitrogens with one attached hydrogen (secondary N) is 1. The van der Waals surface area contributed by atoms with Crippen LogP contribution in [0.15, 0.2) is 41.1 Å². The van der Waals surface area contributed by atoms with Gasteiger partial charge in [0.15, 0.2) is 11.5 Å². The first-order valence-corrected chi connectivity index (χ1v) is 8.03. The molecule has 0 aliphatic carbocycles. The van der Waals surface area contributed by atoms with Gasteiger partial charge >= 0.3 is 0 Å². The predicted octanol–water partition coefficient (Wildman–Crippen LogP) is 0.745. The fourth-order valence-corrected chi connectivity index (χ4v) is 3.03. The number of rotatable bonds is 3. The summed E-state index contributed by atoms with van der Waals surface area (Å²) < 4.78 is 7.27. The minimum Gasteiger partial charge on any atom is -0.441 e. The van der Waals surface area contributed by atoms with Crippen LogP contribution in [0, 0.1) is 0 Å². The minimum atomic E-state index is -0.658. The van der Waals surface area contributed by atoms with Crippen molar-refractivity contribution in [3.05, 3.63) is 48.1 Å². The standard InChI is InChI=1S/C17H17N5O3/c1-21-10-11(9-19-21)17(24)22-7-6-18-16(23)13(22)8-15-20-12-4-2-3-5-14(12)25-15/h2-5,9-10,13H,6-8H2,1H3,(H,18,23). The van der Waals surface area contributed by atoms with E-state index < -0.39 is 6.04 Å². The lowest BCUT2D eigenvalue weighted by atomic mass is 10.1. The predicted molar refractivity (Wildman–Crippen MR) is 88.8 cm³/mol. The Kier molecular flexibility index (Phi) is 3.72. The van der Waals surface area contributed by atoms with Crippen molar-refractivity contribution < 1.29 is 14.0 Å². The van der Waals surface area contributed by atoms with E-state index in [1.807, 2.05) is 24.3 Å². The van der Waals surface area contributed by atoms with Crippen LogP contribution >= 0.6 is 0 Å². The molecule has 8 heteroatoms. The Bertz CT molecular complexity index is 912. The van der Waals surface area contributed by atoms with E-state index in [1.165, 1.54) is 6.20 Å². The lowest BCUT2D eigenvalue weighted by molar-refractivity contribution is -0.127. The van der Waals surface area contributed by atoms with E-state index in [-0.39, 0.29) is 18.2 Å². The van der Waals surface area contributed by atoms with Gasteiger partial charge in [-0.15, -0.1) is 0 Å². The third-order valence-corrected chi connectivity index (χ3v) is 4.25. The van der Waals surface area contributed by atoms with Crippen LogP contribution in [0.1, 0.15) is 16.2 Å². The molecule has 8 nitrogen and oxygen atoms in total. The second-order valence-electron chi connectivity index (χ2n) is 5.99. The fraction of sp³-hybridized carbons (Fsp3) is 0.294. The summed E-state index contributed by atoms with van der Waals surface area (Å²) in [4.78, 5) is 31.1. The summed E-state index contributed by atoms with van der Waals surface area (Å²) in [5.41, 5.74) is 1.86. The van der Waals surface area contributed by atoms with Gasteiger partial charge < -0.3 is 14.6 Å². The van der Waals surface area contributed by atoms with Gasteiger partial charge in [0.1, 0.15) is 11.6 Å². The van der Waals surface area contributed by atoms with Gasteiger partial charge in [-0.3, -0.25) is 14.3 Å². The molecule has 1 unspecified atom stereocenters. The molecule has 3 aromatic rings. The van der Waals surface area contributed by atoms with E-state index >= 15 is 0 Å². The van der Waals surface area contributed by atoms with Gasteiger partial charge in [0.2, 0.25) is 5.91 Å². The van der Waals surface area contributed by atoms with Gasteiger partial charge in [-0.1, -0.05) is 12.1 Å². The van der Waals surface area contributed by atoms with E-state index in [9.17, 15) is 9.59 Å². The van der Waals surface area contributed by atoms with Gasteiger partial charge in [-0.05, 0) is 12.1 Å². The highest BCUT2D eigenvalue weighted by Gasteiger charge is 2.35. The first-order chi connectivity index (χ1) is 12.1. The molecule has 2 amide bonds. The number of amides is 2. The number of fused-ring (bicyclic) bond motifs is 1. The Labute approximate surface area is 143 Å². The zero-order chi connectivity index (χ0) is 17.4. The Morgan fingerprint density at radius 1 is 1.40 bits per heavy atom. The van der Waals surface area contributed by atoms with Crippen LogP contribution in [0.5, 0.6) is 0 Å². The van der Waals surface area contributed by atoms with Crippen LogP contribution in [-0.2, 0) is 18.3 Å². The van der Waals surface area contributed by atoms with Crippen LogP contribution in [0.25, 0.3) is 11.1 Å². The number of hydrogen-bond donors (Lipinski definition) is 1. The van der Waals surface area contributed by atoms with Gasteiger partial charge in [0, 0.05) is 26.3 Å². The first kappa shape index (κ1) is 15.4. The summed E-state index contributed by atoms with van der Waals surface area (Å²) in [6, 6.07) is 6.76. The molecular weight excluding hydrogens is 322 g/mol. The van der Waals surface area contributed by atoms with Crippen LogP contribution in [0.4, 0.5) is 0 Å². The largest absolute Gasteiger partial charge is 0.441 e. The smallest absolute Gasteiger partial charge is 0.257 e. The highest BCUT2D eigenvalue weighted by atomic mass is 16.3. The Morgan fingerprint density at radius 2 is 2.24 bits per heavy atom.